The number of hydrogen-bond acceptors (Lipinski definition) is 5. The number of carbonyl (C=O) groups excluding carboxylic acids is 1. The van der Waals surface area contributed by atoms with Crippen LogP contribution in [-0.2, 0) is 13.0 Å². The van der Waals surface area contributed by atoms with E-state index in [9.17, 15) is 4.79 Å². The molecule has 0 aromatic carbocycles. The van der Waals surface area contributed by atoms with Gasteiger partial charge < -0.3 is 9.47 Å². The molecule has 0 spiro atoms. The maximum Gasteiger partial charge on any atom is 0.265 e. The van der Waals surface area contributed by atoms with Crippen molar-refractivity contribution in [1.82, 2.24) is 24.6 Å². The molecule has 1 amide bonds. The zero-order valence-electron chi connectivity index (χ0n) is 14.7. The monoisotopic (exact) mass is 347 g/mol. The van der Waals surface area contributed by atoms with Crippen molar-refractivity contribution < 1.29 is 4.79 Å². The predicted octanol–water partition coefficient (Wildman–Crippen LogP) is 3.04. The molecule has 0 unspecified atom stereocenters. The molecule has 130 valence electrons. The Balaban J connectivity index is 1.65. The molecule has 2 aromatic heterocycles. The third kappa shape index (κ3) is 3.36. The van der Waals surface area contributed by atoms with E-state index in [1.165, 1.54) is 0 Å². The maximum absolute atomic E-state index is 12.8. The number of hydrogen-bond donors (Lipinski definition) is 0. The van der Waals surface area contributed by atoms with E-state index in [4.69, 9.17) is 0 Å². The molecule has 7 heteroatoms. The molecule has 3 rings (SSSR count). The lowest BCUT2D eigenvalue weighted by Gasteiger charge is -2.31. The summed E-state index contributed by atoms with van der Waals surface area (Å²) in [6.07, 6.45) is 5.70. The van der Waals surface area contributed by atoms with Crippen molar-refractivity contribution in [3.05, 3.63) is 27.7 Å². The Morgan fingerprint density at radius 1 is 1.33 bits per heavy atom. The number of thiazole rings is 1. The summed E-state index contributed by atoms with van der Waals surface area (Å²) < 4.78 is 2.10. The average Bonchev–Trinajstić information content (AvgIpc) is 3.21. The highest BCUT2D eigenvalue weighted by Crippen LogP contribution is 2.29. The van der Waals surface area contributed by atoms with Crippen LogP contribution in [0.3, 0.4) is 0 Å². The molecule has 0 atom stereocenters. The Kier molecular flexibility index (Phi) is 5.28. The Bertz CT molecular complexity index is 700. The van der Waals surface area contributed by atoms with Crippen LogP contribution in [0.25, 0.3) is 0 Å². The molecule has 0 aliphatic carbocycles. The normalized spacial score (nSPS) is 15.9. The van der Waals surface area contributed by atoms with Gasteiger partial charge in [-0.15, -0.1) is 21.5 Å². The summed E-state index contributed by atoms with van der Waals surface area (Å²) >= 11 is 1.56. The SMILES string of the molecule is CCCc1nc(C)c(C(=O)N2CCC(c3nncn3CC)CC2)s1. The highest BCUT2D eigenvalue weighted by atomic mass is 32.1. The first-order valence-electron chi connectivity index (χ1n) is 8.77. The fourth-order valence-electron chi connectivity index (χ4n) is 3.28. The molecule has 0 N–H and O–H groups in total. The quantitative estimate of drug-likeness (QED) is 0.834. The van der Waals surface area contributed by atoms with E-state index in [-0.39, 0.29) is 5.91 Å². The molecule has 0 radical (unpaired) electrons. The molecule has 1 aliphatic rings. The Labute approximate surface area is 146 Å². The zero-order chi connectivity index (χ0) is 17.1. The first-order chi connectivity index (χ1) is 11.6. The standard InChI is InChI=1S/C17H25N5OS/c1-4-6-14-19-12(3)15(24-14)17(23)22-9-7-13(8-10-22)16-20-18-11-21(16)5-2/h11,13H,4-10H2,1-3H3. The molecule has 1 aliphatic heterocycles. The van der Waals surface area contributed by atoms with Gasteiger partial charge in [0.15, 0.2) is 0 Å². The second kappa shape index (κ2) is 7.42. The second-order valence-electron chi connectivity index (χ2n) is 6.31. The van der Waals surface area contributed by atoms with Crippen LogP contribution in [0.2, 0.25) is 0 Å². The van der Waals surface area contributed by atoms with Crippen LogP contribution in [-0.4, -0.2) is 43.6 Å². The third-order valence-electron chi connectivity index (χ3n) is 4.63. The van der Waals surface area contributed by atoms with Crippen LogP contribution in [0.15, 0.2) is 6.33 Å². The van der Waals surface area contributed by atoms with E-state index < -0.39 is 0 Å². The molecular weight excluding hydrogens is 322 g/mol. The molecule has 6 nitrogen and oxygen atoms in total. The fourth-order valence-corrected chi connectivity index (χ4v) is 4.41. The average molecular weight is 347 g/mol. The Morgan fingerprint density at radius 2 is 2.08 bits per heavy atom. The molecule has 2 aromatic rings. The summed E-state index contributed by atoms with van der Waals surface area (Å²) in [5.74, 6) is 1.60. The van der Waals surface area contributed by atoms with E-state index in [0.29, 0.717) is 5.92 Å². The topological polar surface area (TPSA) is 63.9 Å². The van der Waals surface area contributed by atoms with E-state index in [2.05, 4.69) is 33.6 Å². The van der Waals surface area contributed by atoms with Crippen molar-refractivity contribution in [3.8, 4) is 0 Å². The molecule has 24 heavy (non-hydrogen) atoms. The molecular formula is C17H25N5OS. The second-order valence-corrected chi connectivity index (χ2v) is 7.40. The van der Waals surface area contributed by atoms with Gasteiger partial charge in [-0.1, -0.05) is 6.92 Å². The van der Waals surface area contributed by atoms with Crippen molar-refractivity contribution in [3.63, 3.8) is 0 Å². The Morgan fingerprint density at radius 3 is 2.75 bits per heavy atom. The lowest BCUT2D eigenvalue weighted by atomic mass is 9.95. The van der Waals surface area contributed by atoms with Gasteiger partial charge in [0, 0.05) is 25.6 Å². The minimum Gasteiger partial charge on any atom is -0.338 e. The first-order valence-corrected chi connectivity index (χ1v) is 9.58. The molecule has 0 bridgehead atoms. The van der Waals surface area contributed by atoms with Gasteiger partial charge in [-0.05, 0) is 39.5 Å². The van der Waals surface area contributed by atoms with Crippen molar-refractivity contribution in [2.75, 3.05) is 13.1 Å². The van der Waals surface area contributed by atoms with Crippen LogP contribution in [0, 0.1) is 6.92 Å². The van der Waals surface area contributed by atoms with Crippen LogP contribution < -0.4 is 0 Å². The van der Waals surface area contributed by atoms with Gasteiger partial charge in [0.2, 0.25) is 0 Å². The van der Waals surface area contributed by atoms with Crippen molar-refractivity contribution >= 4 is 17.2 Å². The molecule has 3 heterocycles. The van der Waals surface area contributed by atoms with E-state index in [0.717, 1.165) is 66.7 Å². The number of amides is 1. The van der Waals surface area contributed by atoms with Gasteiger partial charge in [0.05, 0.1) is 10.7 Å². The number of likely N-dealkylation sites (tertiary alicyclic amines) is 1. The van der Waals surface area contributed by atoms with E-state index >= 15 is 0 Å². The Hall–Kier alpha value is -1.76. The van der Waals surface area contributed by atoms with Crippen molar-refractivity contribution in [1.29, 1.82) is 0 Å². The van der Waals surface area contributed by atoms with Gasteiger partial charge >= 0.3 is 0 Å². The first kappa shape index (κ1) is 17.1. The van der Waals surface area contributed by atoms with Gasteiger partial charge in [-0.3, -0.25) is 4.79 Å². The highest BCUT2D eigenvalue weighted by molar-refractivity contribution is 7.13. The summed E-state index contributed by atoms with van der Waals surface area (Å²) in [4.78, 5) is 20.1. The fraction of sp³-hybridized carbons (Fsp3) is 0.647. The summed E-state index contributed by atoms with van der Waals surface area (Å²) in [7, 11) is 0. The maximum atomic E-state index is 12.8. The summed E-state index contributed by atoms with van der Waals surface area (Å²) in [5.41, 5.74) is 0.876. The largest absolute Gasteiger partial charge is 0.338 e. The summed E-state index contributed by atoms with van der Waals surface area (Å²) in [5, 5.41) is 9.38. The number of rotatable bonds is 5. The molecule has 1 fully saturated rings. The van der Waals surface area contributed by atoms with Gasteiger partial charge in [0.1, 0.15) is 17.0 Å². The lowest BCUT2D eigenvalue weighted by molar-refractivity contribution is 0.0714. The summed E-state index contributed by atoms with van der Waals surface area (Å²) in [6.45, 7) is 8.63. The third-order valence-corrected chi connectivity index (χ3v) is 5.84. The lowest BCUT2D eigenvalue weighted by Crippen LogP contribution is -2.38. The zero-order valence-corrected chi connectivity index (χ0v) is 15.5. The van der Waals surface area contributed by atoms with Gasteiger partial charge in [-0.25, -0.2) is 4.98 Å². The number of carbonyl (C=O) groups is 1. The number of nitrogens with zero attached hydrogens (tertiary/aromatic N) is 5. The van der Waals surface area contributed by atoms with Crippen molar-refractivity contribution in [2.45, 2.75) is 58.9 Å². The van der Waals surface area contributed by atoms with Gasteiger partial charge in [-0.2, -0.15) is 0 Å². The van der Waals surface area contributed by atoms with E-state index in [1.54, 1.807) is 17.7 Å². The van der Waals surface area contributed by atoms with Crippen LogP contribution in [0.4, 0.5) is 0 Å². The molecule has 0 saturated carbocycles. The number of aryl methyl sites for hydroxylation is 3. The minimum atomic E-state index is 0.141. The van der Waals surface area contributed by atoms with Crippen LogP contribution in [0.5, 0.6) is 0 Å². The smallest absolute Gasteiger partial charge is 0.265 e. The number of piperidine rings is 1. The van der Waals surface area contributed by atoms with Crippen molar-refractivity contribution in [2.24, 2.45) is 0 Å². The number of aromatic nitrogens is 4. The van der Waals surface area contributed by atoms with E-state index in [1.807, 2.05) is 11.8 Å². The molecule has 1 saturated heterocycles. The van der Waals surface area contributed by atoms with Gasteiger partial charge in [0.25, 0.3) is 5.91 Å². The van der Waals surface area contributed by atoms with Crippen LogP contribution >= 0.6 is 11.3 Å². The summed E-state index contributed by atoms with van der Waals surface area (Å²) in [6, 6.07) is 0. The predicted molar refractivity (Wildman–Crippen MR) is 94.4 cm³/mol. The highest BCUT2D eigenvalue weighted by Gasteiger charge is 2.28. The minimum absolute atomic E-state index is 0.141. The van der Waals surface area contributed by atoms with Crippen LogP contribution in [0.1, 0.15) is 65.2 Å².